The fourth-order valence-corrected chi connectivity index (χ4v) is 4.87. The van der Waals surface area contributed by atoms with Gasteiger partial charge in [0.2, 0.25) is 0 Å². The van der Waals surface area contributed by atoms with E-state index in [1.165, 1.54) is 19.3 Å². The lowest BCUT2D eigenvalue weighted by molar-refractivity contribution is -0.0361. The number of morpholine rings is 1. The van der Waals surface area contributed by atoms with Crippen molar-refractivity contribution in [3.8, 4) is 5.75 Å². The minimum atomic E-state index is -0.00566. The summed E-state index contributed by atoms with van der Waals surface area (Å²) in [6.07, 6.45) is 8.46. The molecule has 1 saturated carbocycles. The number of nitrogens with one attached hydrogen (secondary N) is 1. The highest BCUT2D eigenvalue weighted by atomic mass is 16.5. The molecule has 3 fully saturated rings. The largest absolute Gasteiger partial charge is 0.491 e. The molecule has 1 aliphatic carbocycles. The van der Waals surface area contributed by atoms with E-state index >= 15 is 0 Å². The van der Waals surface area contributed by atoms with Crippen LogP contribution in [0.1, 0.15) is 55.3 Å². The average molecular weight is 403 g/mol. The van der Waals surface area contributed by atoms with Crippen molar-refractivity contribution in [2.75, 3.05) is 46.1 Å². The Labute approximate surface area is 173 Å². The SMILES string of the molecule is O=C(NCC1(N2CCOCC2)CCCCC1)c1ccc(OC[C@@H]2CCCO2)cc1. The number of hydrogen-bond acceptors (Lipinski definition) is 5. The number of amides is 1. The molecule has 4 rings (SSSR count). The standard InChI is InChI=1S/C23H34N2O4/c26-22(19-6-8-20(9-7-19)29-17-21-5-4-14-28-21)24-18-23(10-2-1-3-11-23)25-12-15-27-16-13-25/h6-9,21H,1-5,10-18H2,(H,24,26)/t21-/m0/s1. The molecule has 160 valence electrons. The Hall–Kier alpha value is -1.63. The second kappa shape index (κ2) is 9.92. The van der Waals surface area contributed by atoms with Crippen LogP contribution in [0.5, 0.6) is 5.75 Å². The Bertz CT molecular complexity index is 645. The Morgan fingerprint density at radius 3 is 2.52 bits per heavy atom. The number of rotatable bonds is 7. The summed E-state index contributed by atoms with van der Waals surface area (Å²) in [5, 5.41) is 3.22. The minimum absolute atomic E-state index is 0.00566. The van der Waals surface area contributed by atoms with Gasteiger partial charge in [0.25, 0.3) is 5.91 Å². The molecule has 1 aromatic carbocycles. The molecule has 1 atom stereocenters. The molecule has 1 amide bonds. The quantitative estimate of drug-likeness (QED) is 0.760. The maximum absolute atomic E-state index is 12.8. The van der Waals surface area contributed by atoms with Crippen LogP contribution in [0.4, 0.5) is 0 Å². The van der Waals surface area contributed by atoms with Crippen molar-refractivity contribution in [1.29, 1.82) is 0 Å². The number of hydrogen-bond donors (Lipinski definition) is 1. The molecule has 1 N–H and O–H groups in total. The van der Waals surface area contributed by atoms with Crippen molar-refractivity contribution in [1.82, 2.24) is 10.2 Å². The van der Waals surface area contributed by atoms with Gasteiger partial charge in [0, 0.05) is 37.3 Å². The van der Waals surface area contributed by atoms with Gasteiger partial charge in [-0.1, -0.05) is 19.3 Å². The fourth-order valence-electron chi connectivity index (χ4n) is 4.87. The van der Waals surface area contributed by atoms with Gasteiger partial charge in [-0.15, -0.1) is 0 Å². The summed E-state index contributed by atoms with van der Waals surface area (Å²) in [5.74, 6) is 0.781. The first kappa shape index (κ1) is 20.6. The topological polar surface area (TPSA) is 60.0 Å². The van der Waals surface area contributed by atoms with Gasteiger partial charge >= 0.3 is 0 Å². The normalized spacial score (nSPS) is 24.9. The summed E-state index contributed by atoms with van der Waals surface area (Å²) in [6.45, 7) is 5.64. The van der Waals surface area contributed by atoms with Crippen molar-refractivity contribution in [3.05, 3.63) is 29.8 Å². The summed E-state index contributed by atoms with van der Waals surface area (Å²) in [7, 11) is 0. The maximum atomic E-state index is 12.8. The van der Waals surface area contributed by atoms with Crippen LogP contribution in [0.15, 0.2) is 24.3 Å². The zero-order valence-corrected chi connectivity index (χ0v) is 17.4. The molecule has 0 spiro atoms. The molecule has 1 aromatic rings. The van der Waals surface area contributed by atoms with Gasteiger partial charge in [0.05, 0.1) is 19.3 Å². The molecule has 2 heterocycles. The summed E-state index contributed by atoms with van der Waals surface area (Å²) < 4.78 is 16.9. The second-order valence-electron chi connectivity index (χ2n) is 8.54. The summed E-state index contributed by atoms with van der Waals surface area (Å²) in [6, 6.07) is 7.45. The van der Waals surface area contributed by atoms with E-state index in [1.54, 1.807) is 0 Å². The van der Waals surface area contributed by atoms with E-state index in [0.717, 1.165) is 64.3 Å². The molecule has 0 bridgehead atoms. The van der Waals surface area contributed by atoms with Gasteiger partial charge < -0.3 is 19.5 Å². The first-order chi connectivity index (χ1) is 14.3. The van der Waals surface area contributed by atoms with E-state index in [-0.39, 0.29) is 17.6 Å². The Morgan fingerprint density at radius 1 is 1.07 bits per heavy atom. The maximum Gasteiger partial charge on any atom is 0.251 e. The highest BCUT2D eigenvalue weighted by Crippen LogP contribution is 2.34. The summed E-state index contributed by atoms with van der Waals surface area (Å²) >= 11 is 0. The van der Waals surface area contributed by atoms with Crippen LogP contribution in [0, 0.1) is 0 Å². The molecular formula is C23H34N2O4. The molecule has 29 heavy (non-hydrogen) atoms. The van der Waals surface area contributed by atoms with Crippen LogP contribution in [-0.4, -0.2) is 68.5 Å². The lowest BCUT2D eigenvalue weighted by atomic mass is 9.79. The lowest BCUT2D eigenvalue weighted by Gasteiger charge is -2.48. The van der Waals surface area contributed by atoms with Crippen LogP contribution in [0.3, 0.4) is 0 Å². The number of benzene rings is 1. The van der Waals surface area contributed by atoms with E-state index in [9.17, 15) is 4.79 Å². The highest BCUT2D eigenvalue weighted by molar-refractivity contribution is 5.94. The smallest absolute Gasteiger partial charge is 0.251 e. The molecule has 0 aromatic heterocycles. The second-order valence-corrected chi connectivity index (χ2v) is 8.54. The van der Waals surface area contributed by atoms with E-state index < -0.39 is 0 Å². The van der Waals surface area contributed by atoms with Gasteiger partial charge in [-0.25, -0.2) is 0 Å². The molecule has 2 aliphatic heterocycles. The van der Waals surface area contributed by atoms with Crippen LogP contribution in [0.25, 0.3) is 0 Å². The average Bonchev–Trinajstić information content (AvgIpc) is 3.31. The van der Waals surface area contributed by atoms with Crippen molar-refractivity contribution < 1.29 is 19.0 Å². The van der Waals surface area contributed by atoms with Crippen LogP contribution in [-0.2, 0) is 9.47 Å². The molecular weight excluding hydrogens is 368 g/mol. The molecule has 0 unspecified atom stereocenters. The van der Waals surface area contributed by atoms with E-state index in [0.29, 0.717) is 18.7 Å². The number of carbonyl (C=O) groups excluding carboxylic acids is 1. The fraction of sp³-hybridized carbons (Fsp3) is 0.696. The van der Waals surface area contributed by atoms with Crippen LogP contribution >= 0.6 is 0 Å². The van der Waals surface area contributed by atoms with Crippen molar-refractivity contribution in [2.45, 2.75) is 56.6 Å². The van der Waals surface area contributed by atoms with Crippen molar-refractivity contribution >= 4 is 5.91 Å². The van der Waals surface area contributed by atoms with Gasteiger partial charge in [-0.3, -0.25) is 9.69 Å². The molecule has 6 nitrogen and oxygen atoms in total. The first-order valence-electron chi connectivity index (χ1n) is 11.2. The first-order valence-corrected chi connectivity index (χ1v) is 11.2. The lowest BCUT2D eigenvalue weighted by Crippen LogP contribution is -2.59. The van der Waals surface area contributed by atoms with E-state index in [2.05, 4.69) is 10.2 Å². The summed E-state index contributed by atoms with van der Waals surface area (Å²) in [5.41, 5.74) is 0.768. The number of carbonyl (C=O) groups is 1. The molecule has 0 radical (unpaired) electrons. The van der Waals surface area contributed by atoms with Gasteiger partial charge in [-0.05, 0) is 49.9 Å². The van der Waals surface area contributed by atoms with Crippen molar-refractivity contribution in [3.63, 3.8) is 0 Å². The monoisotopic (exact) mass is 402 g/mol. The Morgan fingerprint density at radius 2 is 1.83 bits per heavy atom. The van der Waals surface area contributed by atoms with E-state index in [4.69, 9.17) is 14.2 Å². The molecule has 2 saturated heterocycles. The highest BCUT2D eigenvalue weighted by Gasteiger charge is 2.38. The Balaban J connectivity index is 1.31. The van der Waals surface area contributed by atoms with E-state index in [1.807, 2.05) is 24.3 Å². The van der Waals surface area contributed by atoms with Crippen LogP contribution in [0.2, 0.25) is 0 Å². The predicted octanol–water partition coefficient (Wildman–Crippen LogP) is 3.01. The third-order valence-corrected chi connectivity index (χ3v) is 6.62. The minimum Gasteiger partial charge on any atom is -0.491 e. The van der Waals surface area contributed by atoms with Crippen molar-refractivity contribution in [2.24, 2.45) is 0 Å². The van der Waals surface area contributed by atoms with Gasteiger partial charge in [0.15, 0.2) is 0 Å². The number of ether oxygens (including phenoxy) is 3. The molecule has 3 aliphatic rings. The third-order valence-electron chi connectivity index (χ3n) is 6.62. The van der Waals surface area contributed by atoms with Gasteiger partial charge in [0.1, 0.15) is 12.4 Å². The van der Waals surface area contributed by atoms with Crippen LogP contribution < -0.4 is 10.1 Å². The molecule has 6 heteroatoms. The third kappa shape index (κ3) is 5.30. The Kier molecular flexibility index (Phi) is 7.06. The zero-order valence-electron chi connectivity index (χ0n) is 17.4. The number of nitrogens with zero attached hydrogens (tertiary/aromatic N) is 1. The van der Waals surface area contributed by atoms with Gasteiger partial charge in [-0.2, -0.15) is 0 Å². The summed E-state index contributed by atoms with van der Waals surface area (Å²) in [4.78, 5) is 15.3. The predicted molar refractivity (Wildman–Crippen MR) is 111 cm³/mol. The zero-order chi connectivity index (χ0) is 19.9.